The Morgan fingerprint density at radius 3 is 2.88 bits per heavy atom. The number of aromatic nitrogens is 1. The Labute approximate surface area is 102 Å². The zero-order chi connectivity index (χ0) is 13.1. The molecular formula is C10H10ClN3O3. The molecule has 90 valence electrons. The molecule has 0 amide bonds. The fourth-order valence-electron chi connectivity index (χ4n) is 0.961. The Morgan fingerprint density at radius 2 is 2.41 bits per heavy atom. The van der Waals surface area contributed by atoms with E-state index in [0.717, 1.165) is 6.92 Å². The zero-order valence-corrected chi connectivity index (χ0v) is 9.69. The molecule has 0 saturated carbocycles. The predicted molar refractivity (Wildman–Crippen MR) is 60.7 cm³/mol. The van der Waals surface area contributed by atoms with Crippen molar-refractivity contribution in [2.24, 2.45) is 0 Å². The van der Waals surface area contributed by atoms with Gasteiger partial charge in [0.15, 0.2) is 5.60 Å². The fraction of sp³-hybridized carbons (Fsp3) is 0.300. The molecule has 1 heterocycles. The summed E-state index contributed by atoms with van der Waals surface area (Å²) < 4.78 is 0. The lowest BCUT2D eigenvalue weighted by atomic mass is 10.1. The molecule has 0 aliphatic heterocycles. The second kappa shape index (κ2) is 4.99. The molecule has 6 nitrogen and oxygen atoms in total. The summed E-state index contributed by atoms with van der Waals surface area (Å²) in [7, 11) is 0. The van der Waals surface area contributed by atoms with Crippen LogP contribution in [0.15, 0.2) is 12.3 Å². The molecule has 0 saturated heterocycles. The number of anilines is 1. The summed E-state index contributed by atoms with van der Waals surface area (Å²) in [6.07, 6.45) is 1.30. The van der Waals surface area contributed by atoms with Crippen molar-refractivity contribution in [3.8, 4) is 6.07 Å². The zero-order valence-electron chi connectivity index (χ0n) is 8.94. The highest BCUT2D eigenvalue weighted by Crippen LogP contribution is 2.20. The van der Waals surface area contributed by atoms with Gasteiger partial charge in [0, 0.05) is 6.20 Å². The van der Waals surface area contributed by atoms with Crippen molar-refractivity contribution in [2.45, 2.75) is 12.5 Å². The van der Waals surface area contributed by atoms with E-state index in [2.05, 4.69) is 10.3 Å². The van der Waals surface area contributed by atoms with E-state index in [9.17, 15) is 9.90 Å². The Bertz CT molecular complexity index is 482. The number of rotatable bonds is 4. The van der Waals surface area contributed by atoms with Crippen LogP contribution < -0.4 is 5.32 Å². The summed E-state index contributed by atoms with van der Waals surface area (Å²) in [5, 5.41) is 29.5. The van der Waals surface area contributed by atoms with Gasteiger partial charge in [0.2, 0.25) is 0 Å². The average Bonchev–Trinajstić information content (AvgIpc) is 2.27. The molecule has 0 spiro atoms. The molecule has 7 heteroatoms. The number of hydrogen-bond donors (Lipinski definition) is 3. The third-order valence-corrected chi connectivity index (χ3v) is 2.32. The molecule has 3 N–H and O–H groups in total. The van der Waals surface area contributed by atoms with Gasteiger partial charge in [-0.05, 0) is 13.0 Å². The minimum atomic E-state index is -1.92. The highest BCUT2D eigenvalue weighted by molar-refractivity contribution is 6.33. The fourth-order valence-corrected chi connectivity index (χ4v) is 1.19. The van der Waals surface area contributed by atoms with Gasteiger partial charge in [-0.15, -0.1) is 0 Å². The molecule has 0 unspecified atom stereocenters. The Hall–Kier alpha value is -1.84. The maximum absolute atomic E-state index is 10.6. The van der Waals surface area contributed by atoms with Gasteiger partial charge in [-0.1, -0.05) is 11.6 Å². The first-order chi connectivity index (χ1) is 7.86. The minimum Gasteiger partial charge on any atom is -0.479 e. The standard InChI is InChI=1S/C10H10ClN3O3/c1-10(17,9(15)16)5-14-8-7(11)2-6(3-12)4-13-8/h2,4,17H,5H2,1H3,(H,13,14)(H,15,16)/t10-/m1/s1. The normalized spacial score (nSPS) is 13.5. The molecule has 0 aromatic carbocycles. The predicted octanol–water partition coefficient (Wildman–Crippen LogP) is 0.854. The SMILES string of the molecule is C[C@@](O)(CNc1ncc(C#N)cc1Cl)C(=O)O. The van der Waals surface area contributed by atoms with E-state index < -0.39 is 11.6 Å². The van der Waals surface area contributed by atoms with Crippen LogP contribution in [-0.2, 0) is 4.79 Å². The molecule has 17 heavy (non-hydrogen) atoms. The third-order valence-electron chi connectivity index (χ3n) is 2.03. The largest absolute Gasteiger partial charge is 0.479 e. The van der Waals surface area contributed by atoms with Crippen molar-refractivity contribution in [1.29, 1.82) is 5.26 Å². The number of carbonyl (C=O) groups is 1. The van der Waals surface area contributed by atoms with Crippen molar-refractivity contribution in [2.75, 3.05) is 11.9 Å². The second-order valence-corrected chi connectivity index (χ2v) is 4.01. The molecule has 1 aromatic heterocycles. The first kappa shape index (κ1) is 13.2. The van der Waals surface area contributed by atoms with Crippen LogP contribution in [-0.4, -0.2) is 33.3 Å². The number of aliphatic hydroxyl groups is 1. The molecule has 0 bridgehead atoms. The molecule has 1 atom stereocenters. The quantitative estimate of drug-likeness (QED) is 0.737. The summed E-state index contributed by atoms with van der Waals surface area (Å²) in [6.45, 7) is 0.904. The maximum atomic E-state index is 10.6. The molecule has 0 aliphatic rings. The first-order valence-corrected chi connectivity index (χ1v) is 5.00. The topological polar surface area (TPSA) is 106 Å². The van der Waals surface area contributed by atoms with Crippen molar-refractivity contribution in [3.05, 3.63) is 22.8 Å². The molecule has 0 aliphatic carbocycles. The van der Waals surface area contributed by atoms with E-state index in [-0.39, 0.29) is 17.4 Å². The van der Waals surface area contributed by atoms with Crippen LogP contribution >= 0.6 is 11.6 Å². The molecule has 0 radical (unpaired) electrons. The van der Waals surface area contributed by atoms with E-state index in [1.165, 1.54) is 12.3 Å². The van der Waals surface area contributed by atoms with Crippen LogP contribution in [0.4, 0.5) is 5.82 Å². The van der Waals surface area contributed by atoms with Gasteiger partial charge >= 0.3 is 5.97 Å². The highest BCUT2D eigenvalue weighted by atomic mass is 35.5. The van der Waals surface area contributed by atoms with Crippen LogP contribution in [0.2, 0.25) is 5.02 Å². The van der Waals surface area contributed by atoms with Gasteiger partial charge < -0.3 is 15.5 Å². The number of nitrogens with zero attached hydrogens (tertiary/aromatic N) is 2. The summed E-state index contributed by atoms with van der Waals surface area (Å²) >= 11 is 5.81. The number of aliphatic carboxylic acids is 1. The van der Waals surface area contributed by atoms with Gasteiger partial charge in [0.25, 0.3) is 0 Å². The summed E-state index contributed by atoms with van der Waals surface area (Å²) in [6, 6.07) is 3.26. The Kier molecular flexibility index (Phi) is 3.89. The number of carboxylic acid groups (broad SMARTS) is 1. The minimum absolute atomic E-state index is 0.185. The van der Waals surface area contributed by atoms with E-state index in [1.807, 2.05) is 6.07 Å². The van der Waals surface area contributed by atoms with Crippen LogP contribution in [0.3, 0.4) is 0 Å². The molecular weight excluding hydrogens is 246 g/mol. The molecule has 1 rings (SSSR count). The third kappa shape index (κ3) is 3.31. The molecule has 0 fully saturated rings. The number of pyridine rings is 1. The number of carboxylic acids is 1. The van der Waals surface area contributed by atoms with Gasteiger partial charge in [-0.2, -0.15) is 5.26 Å². The van der Waals surface area contributed by atoms with Crippen molar-refractivity contribution < 1.29 is 15.0 Å². The summed E-state index contributed by atoms with van der Waals surface area (Å²) in [5.74, 6) is -1.14. The van der Waals surface area contributed by atoms with E-state index >= 15 is 0 Å². The van der Waals surface area contributed by atoms with Crippen molar-refractivity contribution >= 4 is 23.4 Å². The van der Waals surface area contributed by atoms with E-state index in [1.54, 1.807) is 0 Å². The van der Waals surface area contributed by atoms with E-state index in [0.29, 0.717) is 5.56 Å². The van der Waals surface area contributed by atoms with Gasteiger partial charge in [0.1, 0.15) is 11.9 Å². The summed E-state index contributed by atoms with van der Waals surface area (Å²) in [5.41, 5.74) is -1.62. The van der Waals surface area contributed by atoms with E-state index in [4.69, 9.17) is 22.0 Å². The lowest BCUT2D eigenvalue weighted by Crippen LogP contribution is -2.42. The Morgan fingerprint density at radius 1 is 1.76 bits per heavy atom. The average molecular weight is 256 g/mol. The monoisotopic (exact) mass is 255 g/mol. The lowest BCUT2D eigenvalue weighted by Gasteiger charge is -2.18. The highest BCUT2D eigenvalue weighted by Gasteiger charge is 2.29. The maximum Gasteiger partial charge on any atom is 0.337 e. The Balaban J connectivity index is 2.78. The van der Waals surface area contributed by atoms with Crippen molar-refractivity contribution in [1.82, 2.24) is 4.98 Å². The van der Waals surface area contributed by atoms with Crippen LogP contribution in [0.1, 0.15) is 12.5 Å². The van der Waals surface area contributed by atoms with Gasteiger partial charge in [0.05, 0.1) is 17.1 Å². The van der Waals surface area contributed by atoms with Crippen LogP contribution in [0.5, 0.6) is 0 Å². The second-order valence-electron chi connectivity index (χ2n) is 3.60. The van der Waals surface area contributed by atoms with Crippen molar-refractivity contribution in [3.63, 3.8) is 0 Å². The number of nitriles is 1. The number of nitrogens with one attached hydrogen (secondary N) is 1. The molecule has 1 aromatic rings. The van der Waals surface area contributed by atoms with Crippen LogP contribution in [0, 0.1) is 11.3 Å². The first-order valence-electron chi connectivity index (χ1n) is 4.62. The lowest BCUT2D eigenvalue weighted by molar-refractivity contribution is -0.155. The van der Waals surface area contributed by atoms with Gasteiger partial charge in [-0.25, -0.2) is 9.78 Å². The smallest absolute Gasteiger partial charge is 0.337 e. The van der Waals surface area contributed by atoms with Gasteiger partial charge in [-0.3, -0.25) is 0 Å². The summed E-state index contributed by atoms with van der Waals surface area (Å²) in [4.78, 5) is 14.5. The number of hydrogen-bond acceptors (Lipinski definition) is 5. The number of halogens is 1. The van der Waals surface area contributed by atoms with Crippen LogP contribution in [0.25, 0.3) is 0 Å².